The van der Waals surface area contributed by atoms with Crippen molar-refractivity contribution in [2.24, 2.45) is 0 Å². The SMILES string of the molecule is CCn1cc(CN(C)S(=O)(=O)c2ccc(C(=O)O)c(Cl)c2)cn1. The maximum absolute atomic E-state index is 12.5. The van der Waals surface area contributed by atoms with Crippen molar-refractivity contribution in [2.45, 2.75) is 24.9 Å². The first-order valence-electron chi connectivity index (χ1n) is 6.76. The van der Waals surface area contributed by atoms with Gasteiger partial charge in [0.2, 0.25) is 10.0 Å². The topological polar surface area (TPSA) is 92.5 Å². The maximum atomic E-state index is 12.5. The van der Waals surface area contributed by atoms with Gasteiger partial charge in [-0.2, -0.15) is 9.40 Å². The predicted octanol–water partition coefficient (Wildman–Crippen LogP) is 2.08. The molecule has 1 aromatic carbocycles. The van der Waals surface area contributed by atoms with Crippen LogP contribution in [-0.2, 0) is 23.1 Å². The maximum Gasteiger partial charge on any atom is 0.337 e. The molecule has 0 saturated heterocycles. The molecule has 1 aromatic heterocycles. The van der Waals surface area contributed by atoms with E-state index < -0.39 is 16.0 Å². The molecule has 0 bridgehead atoms. The standard InChI is InChI=1S/C14H16ClN3O4S/c1-3-18-9-10(7-16-18)8-17(2)23(21,22)11-4-5-12(14(19)20)13(15)6-11/h4-7,9H,3,8H2,1-2H3,(H,19,20). The lowest BCUT2D eigenvalue weighted by Gasteiger charge is -2.16. The van der Waals surface area contributed by atoms with Gasteiger partial charge in [0, 0.05) is 31.9 Å². The number of aryl methyl sites for hydroxylation is 1. The largest absolute Gasteiger partial charge is 0.478 e. The van der Waals surface area contributed by atoms with Crippen molar-refractivity contribution in [3.63, 3.8) is 0 Å². The monoisotopic (exact) mass is 357 g/mol. The van der Waals surface area contributed by atoms with E-state index >= 15 is 0 Å². The highest BCUT2D eigenvalue weighted by Gasteiger charge is 2.23. The van der Waals surface area contributed by atoms with Crippen LogP contribution in [0.2, 0.25) is 5.02 Å². The molecule has 9 heteroatoms. The van der Waals surface area contributed by atoms with E-state index in [0.29, 0.717) is 6.54 Å². The van der Waals surface area contributed by atoms with Crippen LogP contribution >= 0.6 is 11.6 Å². The predicted molar refractivity (Wildman–Crippen MR) is 85.0 cm³/mol. The van der Waals surface area contributed by atoms with Crippen LogP contribution < -0.4 is 0 Å². The molecule has 0 aliphatic heterocycles. The highest BCUT2D eigenvalue weighted by Crippen LogP contribution is 2.23. The van der Waals surface area contributed by atoms with Crippen molar-refractivity contribution in [2.75, 3.05) is 7.05 Å². The zero-order valence-electron chi connectivity index (χ0n) is 12.6. The van der Waals surface area contributed by atoms with Crippen LogP contribution in [-0.4, -0.2) is 40.6 Å². The summed E-state index contributed by atoms with van der Waals surface area (Å²) >= 11 is 5.84. The first kappa shape index (κ1) is 17.5. The molecule has 1 N–H and O–H groups in total. The minimum atomic E-state index is -3.78. The number of carboxylic acid groups (broad SMARTS) is 1. The number of hydrogen-bond donors (Lipinski definition) is 1. The van der Waals surface area contributed by atoms with Crippen LogP contribution in [0.3, 0.4) is 0 Å². The Morgan fingerprint density at radius 1 is 1.43 bits per heavy atom. The number of halogens is 1. The van der Waals surface area contributed by atoms with Gasteiger partial charge in [-0.15, -0.1) is 0 Å². The molecule has 0 radical (unpaired) electrons. The Balaban J connectivity index is 2.26. The average Bonchev–Trinajstić information content (AvgIpc) is 2.94. The van der Waals surface area contributed by atoms with Gasteiger partial charge in [-0.3, -0.25) is 4.68 Å². The zero-order valence-corrected chi connectivity index (χ0v) is 14.2. The van der Waals surface area contributed by atoms with E-state index in [9.17, 15) is 13.2 Å². The summed E-state index contributed by atoms with van der Waals surface area (Å²) in [5, 5.41) is 12.9. The Kier molecular flexibility index (Phi) is 5.08. The molecule has 0 unspecified atom stereocenters. The summed E-state index contributed by atoms with van der Waals surface area (Å²) in [5.41, 5.74) is 0.615. The average molecular weight is 358 g/mol. The first-order chi connectivity index (χ1) is 10.8. The number of aromatic carboxylic acids is 1. The Bertz CT molecular complexity index is 832. The van der Waals surface area contributed by atoms with Crippen LogP contribution in [0.5, 0.6) is 0 Å². The molecule has 0 aliphatic carbocycles. The van der Waals surface area contributed by atoms with Crippen molar-refractivity contribution in [3.8, 4) is 0 Å². The molecule has 1 heterocycles. The number of nitrogens with zero attached hydrogens (tertiary/aromatic N) is 3. The fourth-order valence-corrected chi connectivity index (χ4v) is 3.52. The van der Waals surface area contributed by atoms with Gasteiger partial charge in [-0.1, -0.05) is 11.6 Å². The van der Waals surface area contributed by atoms with E-state index in [4.69, 9.17) is 16.7 Å². The molecule has 0 amide bonds. The Hall–Kier alpha value is -1.90. The smallest absolute Gasteiger partial charge is 0.337 e. The highest BCUT2D eigenvalue weighted by atomic mass is 35.5. The number of benzene rings is 1. The molecule has 23 heavy (non-hydrogen) atoms. The number of sulfonamides is 1. The van der Waals surface area contributed by atoms with E-state index in [1.54, 1.807) is 17.1 Å². The van der Waals surface area contributed by atoms with Crippen molar-refractivity contribution in [3.05, 3.63) is 46.7 Å². The highest BCUT2D eigenvalue weighted by molar-refractivity contribution is 7.89. The van der Waals surface area contributed by atoms with E-state index in [2.05, 4.69) is 5.10 Å². The van der Waals surface area contributed by atoms with Crippen LogP contribution in [0, 0.1) is 0 Å². The van der Waals surface area contributed by atoms with Crippen molar-refractivity contribution >= 4 is 27.6 Å². The second-order valence-corrected chi connectivity index (χ2v) is 7.36. The van der Waals surface area contributed by atoms with Gasteiger partial charge < -0.3 is 5.11 Å². The molecule has 2 aromatic rings. The summed E-state index contributed by atoms with van der Waals surface area (Å²) in [4.78, 5) is 10.9. The van der Waals surface area contributed by atoms with Gasteiger partial charge in [0.05, 0.1) is 21.7 Å². The number of carboxylic acids is 1. The first-order valence-corrected chi connectivity index (χ1v) is 8.58. The van der Waals surface area contributed by atoms with Gasteiger partial charge >= 0.3 is 5.97 Å². The number of rotatable bonds is 6. The van der Waals surface area contributed by atoms with Crippen molar-refractivity contribution in [1.29, 1.82) is 0 Å². The van der Waals surface area contributed by atoms with Gasteiger partial charge in [-0.05, 0) is 25.1 Å². The molecule has 0 atom stereocenters. The third-order valence-electron chi connectivity index (χ3n) is 3.30. The number of aromatic nitrogens is 2. The summed E-state index contributed by atoms with van der Waals surface area (Å²) in [5.74, 6) is -1.21. The fraction of sp³-hybridized carbons (Fsp3) is 0.286. The van der Waals surface area contributed by atoms with Crippen LogP contribution in [0.25, 0.3) is 0 Å². The lowest BCUT2D eigenvalue weighted by atomic mass is 10.2. The van der Waals surface area contributed by atoms with Crippen LogP contribution in [0.15, 0.2) is 35.5 Å². The van der Waals surface area contributed by atoms with Crippen LogP contribution in [0.1, 0.15) is 22.8 Å². The molecule has 0 saturated carbocycles. The lowest BCUT2D eigenvalue weighted by molar-refractivity contribution is 0.0697. The van der Waals surface area contributed by atoms with Crippen LogP contribution in [0.4, 0.5) is 0 Å². The molecular weight excluding hydrogens is 342 g/mol. The molecule has 0 spiro atoms. The second-order valence-electron chi connectivity index (χ2n) is 4.91. The molecule has 0 aliphatic rings. The number of carbonyl (C=O) groups is 1. The normalized spacial score (nSPS) is 11.8. The second kappa shape index (κ2) is 6.69. The summed E-state index contributed by atoms with van der Waals surface area (Å²) in [6.45, 7) is 2.78. The van der Waals surface area contributed by atoms with E-state index in [1.807, 2.05) is 6.92 Å². The van der Waals surface area contributed by atoms with E-state index in [-0.39, 0.29) is 22.0 Å². The third kappa shape index (κ3) is 3.72. The Morgan fingerprint density at radius 3 is 2.65 bits per heavy atom. The van der Waals surface area contributed by atoms with Gasteiger partial charge in [0.1, 0.15) is 0 Å². The third-order valence-corrected chi connectivity index (χ3v) is 5.41. The minimum absolute atomic E-state index is 0.0575. The summed E-state index contributed by atoms with van der Waals surface area (Å²) in [6, 6.07) is 3.56. The van der Waals surface area contributed by atoms with E-state index in [1.165, 1.54) is 19.2 Å². The Morgan fingerprint density at radius 2 is 2.13 bits per heavy atom. The summed E-state index contributed by atoms with van der Waals surface area (Å²) in [6.07, 6.45) is 3.38. The molecular formula is C14H16ClN3O4S. The minimum Gasteiger partial charge on any atom is -0.478 e. The molecule has 2 rings (SSSR count). The van der Waals surface area contributed by atoms with Gasteiger partial charge in [0.15, 0.2) is 0 Å². The summed E-state index contributed by atoms with van der Waals surface area (Å²) in [7, 11) is -2.34. The van der Waals surface area contributed by atoms with E-state index in [0.717, 1.165) is 15.9 Å². The zero-order chi connectivity index (χ0) is 17.2. The molecule has 124 valence electrons. The quantitative estimate of drug-likeness (QED) is 0.854. The Labute approximate surface area is 139 Å². The molecule has 7 nitrogen and oxygen atoms in total. The van der Waals surface area contributed by atoms with Crippen molar-refractivity contribution in [1.82, 2.24) is 14.1 Å². The molecule has 0 fully saturated rings. The number of hydrogen-bond acceptors (Lipinski definition) is 4. The fourth-order valence-electron chi connectivity index (χ4n) is 2.01. The van der Waals surface area contributed by atoms with Gasteiger partial charge in [-0.25, -0.2) is 13.2 Å². The summed E-state index contributed by atoms with van der Waals surface area (Å²) < 4.78 is 27.9. The van der Waals surface area contributed by atoms with Gasteiger partial charge in [0.25, 0.3) is 0 Å². The van der Waals surface area contributed by atoms with Crippen molar-refractivity contribution < 1.29 is 18.3 Å². The lowest BCUT2D eigenvalue weighted by Crippen LogP contribution is -2.26.